The van der Waals surface area contributed by atoms with Gasteiger partial charge in [-0.2, -0.15) is 9.57 Å². The normalized spacial score (nSPS) is 11.2. The Hall–Kier alpha value is -3.78. The fourth-order valence-electron chi connectivity index (χ4n) is 3.28. The second kappa shape index (κ2) is 10.9. The number of halogens is 1. The first kappa shape index (κ1) is 24.9. The van der Waals surface area contributed by atoms with Gasteiger partial charge in [-0.05, 0) is 59.7 Å². The lowest BCUT2D eigenvalue weighted by molar-refractivity contribution is -0.139. The number of nitrogens with zero attached hydrogens (tertiary/aromatic N) is 2. The molecule has 0 aliphatic rings. The fourth-order valence-corrected chi connectivity index (χ4v) is 4.70. The third-order valence-corrected chi connectivity index (χ3v) is 6.72. The third-order valence-electron chi connectivity index (χ3n) is 4.86. The smallest absolute Gasteiger partial charge is 0.341 e. The lowest BCUT2D eigenvalue weighted by Crippen LogP contribution is -2.33. The first-order chi connectivity index (χ1) is 16.2. The number of nitriles is 1. The Labute approximate surface area is 196 Å². The van der Waals surface area contributed by atoms with Crippen LogP contribution in [0.5, 0.6) is 5.75 Å². The zero-order valence-corrected chi connectivity index (χ0v) is 18.7. The van der Waals surface area contributed by atoms with Crippen LogP contribution < -0.4 is 4.74 Å². The van der Waals surface area contributed by atoms with Gasteiger partial charge in [0.25, 0.3) is 0 Å². The molecule has 0 atom stereocenters. The molecule has 0 aliphatic carbocycles. The molecule has 0 heterocycles. The van der Waals surface area contributed by atoms with Crippen molar-refractivity contribution in [3.63, 3.8) is 0 Å². The summed E-state index contributed by atoms with van der Waals surface area (Å²) in [6.45, 7) is -1.34. The maximum atomic E-state index is 13.3. The monoisotopic (exact) mass is 484 g/mol. The highest BCUT2D eigenvalue weighted by atomic mass is 32.2. The Bertz CT molecular complexity index is 1320. The largest absolute Gasteiger partial charge is 0.481 e. The van der Waals surface area contributed by atoms with Crippen molar-refractivity contribution < 1.29 is 32.6 Å². The van der Waals surface area contributed by atoms with E-state index < -0.39 is 35.0 Å². The Morgan fingerprint density at radius 2 is 1.82 bits per heavy atom. The summed E-state index contributed by atoms with van der Waals surface area (Å²) < 4.78 is 45.9. The van der Waals surface area contributed by atoms with Gasteiger partial charge in [0.15, 0.2) is 6.61 Å². The van der Waals surface area contributed by atoms with Gasteiger partial charge in [0.05, 0.1) is 23.1 Å². The second-order valence-corrected chi connectivity index (χ2v) is 9.16. The summed E-state index contributed by atoms with van der Waals surface area (Å²) >= 11 is 0. The molecule has 0 amide bonds. The molecule has 0 unspecified atom stereocenters. The molecule has 10 heteroatoms. The molecular weight excluding hydrogens is 463 g/mol. The highest BCUT2D eigenvalue weighted by molar-refractivity contribution is 7.89. The minimum absolute atomic E-state index is 0.120. The highest BCUT2D eigenvalue weighted by Crippen LogP contribution is 2.32. The van der Waals surface area contributed by atoms with Gasteiger partial charge in [0.2, 0.25) is 10.0 Å². The van der Waals surface area contributed by atoms with Gasteiger partial charge in [-0.25, -0.2) is 17.6 Å². The zero-order chi connectivity index (χ0) is 24.7. The third kappa shape index (κ3) is 5.96. The molecule has 3 rings (SSSR count). The van der Waals surface area contributed by atoms with Crippen molar-refractivity contribution in [3.05, 3.63) is 83.7 Å². The number of rotatable bonds is 10. The van der Waals surface area contributed by atoms with Gasteiger partial charge in [0, 0.05) is 18.7 Å². The Morgan fingerprint density at radius 3 is 2.47 bits per heavy atom. The lowest BCUT2D eigenvalue weighted by Gasteiger charge is -2.22. The van der Waals surface area contributed by atoms with E-state index in [2.05, 4.69) is 0 Å². The molecule has 0 saturated carbocycles. The molecule has 0 fully saturated rings. The molecule has 34 heavy (non-hydrogen) atoms. The number of aliphatic hydroxyl groups is 1. The van der Waals surface area contributed by atoms with Crippen molar-refractivity contribution in [1.29, 1.82) is 5.26 Å². The fraction of sp³-hybridized carbons (Fsp3) is 0.167. The van der Waals surface area contributed by atoms with Crippen LogP contribution in [0.3, 0.4) is 0 Å². The molecule has 0 aromatic heterocycles. The molecule has 0 spiro atoms. The van der Waals surface area contributed by atoms with Crippen LogP contribution in [0.15, 0.2) is 71.6 Å². The highest BCUT2D eigenvalue weighted by Gasteiger charge is 2.25. The first-order valence-electron chi connectivity index (χ1n) is 10.1. The van der Waals surface area contributed by atoms with Crippen LogP contribution in [0.1, 0.15) is 11.1 Å². The number of benzene rings is 3. The van der Waals surface area contributed by atoms with Crippen LogP contribution in [0.4, 0.5) is 4.39 Å². The first-order valence-corrected chi connectivity index (χ1v) is 11.5. The van der Waals surface area contributed by atoms with E-state index in [4.69, 9.17) is 9.84 Å². The molecule has 176 valence electrons. The van der Waals surface area contributed by atoms with Crippen LogP contribution in [-0.4, -0.2) is 48.7 Å². The molecule has 3 aromatic rings. The number of carboxylic acid groups (broad SMARTS) is 1. The van der Waals surface area contributed by atoms with E-state index >= 15 is 0 Å². The summed E-state index contributed by atoms with van der Waals surface area (Å²) in [4.78, 5) is 10.9. The number of ether oxygens (including phenoxy) is 1. The predicted octanol–water partition coefficient (Wildman–Crippen LogP) is 3.01. The Balaban J connectivity index is 2.01. The summed E-state index contributed by atoms with van der Waals surface area (Å²) in [6.07, 6.45) is 0. The number of aliphatic carboxylic acids is 1. The van der Waals surface area contributed by atoms with E-state index in [-0.39, 0.29) is 23.7 Å². The van der Waals surface area contributed by atoms with Crippen molar-refractivity contribution in [2.24, 2.45) is 0 Å². The van der Waals surface area contributed by atoms with E-state index in [1.165, 1.54) is 6.07 Å². The van der Waals surface area contributed by atoms with Crippen LogP contribution >= 0.6 is 0 Å². The van der Waals surface area contributed by atoms with Crippen LogP contribution in [0.2, 0.25) is 0 Å². The Kier molecular flexibility index (Phi) is 7.96. The van der Waals surface area contributed by atoms with Crippen molar-refractivity contribution in [2.45, 2.75) is 11.4 Å². The van der Waals surface area contributed by atoms with Gasteiger partial charge in [0.1, 0.15) is 11.6 Å². The summed E-state index contributed by atoms with van der Waals surface area (Å²) in [7, 11) is -4.04. The van der Waals surface area contributed by atoms with E-state index in [0.717, 1.165) is 28.6 Å². The summed E-state index contributed by atoms with van der Waals surface area (Å²) in [5, 5.41) is 27.7. The maximum absolute atomic E-state index is 13.3. The van der Waals surface area contributed by atoms with Crippen LogP contribution in [0, 0.1) is 17.1 Å². The maximum Gasteiger partial charge on any atom is 0.341 e. The number of aliphatic hydroxyl groups excluding tert-OH is 1. The molecule has 0 aliphatic heterocycles. The minimum Gasteiger partial charge on any atom is -0.481 e. The molecule has 0 bridgehead atoms. The molecular formula is C24H21FN2O6S. The quantitative estimate of drug-likeness (QED) is 0.453. The minimum atomic E-state index is -4.04. The summed E-state index contributed by atoms with van der Waals surface area (Å²) in [5.41, 5.74) is 1.96. The van der Waals surface area contributed by atoms with Gasteiger partial charge in [-0.1, -0.05) is 18.2 Å². The summed E-state index contributed by atoms with van der Waals surface area (Å²) in [6, 6.07) is 17.8. The second-order valence-electron chi connectivity index (χ2n) is 7.22. The average Bonchev–Trinajstić information content (AvgIpc) is 2.83. The van der Waals surface area contributed by atoms with Gasteiger partial charge in [-0.3, -0.25) is 0 Å². The molecule has 0 radical (unpaired) electrons. The van der Waals surface area contributed by atoms with Gasteiger partial charge < -0.3 is 14.9 Å². The van der Waals surface area contributed by atoms with Crippen molar-refractivity contribution in [1.82, 2.24) is 4.31 Å². The SMILES string of the molecule is N#Cc1cccc(-c2cc(CN(CCO)S(=O)(=O)c3ccc(F)cc3)ccc2OCC(=O)O)c1. The van der Waals surface area contributed by atoms with E-state index in [9.17, 15) is 28.0 Å². The van der Waals surface area contributed by atoms with Crippen LogP contribution in [-0.2, 0) is 21.4 Å². The topological polar surface area (TPSA) is 128 Å². The standard InChI is InChI=1S/C24H21FN2O6S/c25-20-5-7-21(8-6-20)34(31,32)27(10-11-28)15-18-4-9-23(33-16-24(29)30)22(13-18)19-3-1-2-17(12-19)14-26/h1-9,12-13,28H,10-11,15-16H2,(H,29,30). The lowest BCUT2D eigenvalue weighted by atomic mass is 10.00. The van der Waals surface area contributed by atoms with Crippen molar-refractivity contribution in [2.75, 3.05) is 19.8 Å². The van der Waals surface area contributed by atoms with Crippen molar-refractivity contribution in [3.8, 4) is 22.9 Å². The number of hydrogen-bond acceptors (Lipinski definition) is 6. The van der Waals surface area contributed by atoms with E-state index in [1.807, 2.05) is 6.07 Å². The van der Waals surface area contributed by atoms with E-state index in [1.54, 1.807) is 36.4 Å². The Morgan fingerprint density at radius 1 is 1.09 bits per heavy atom. The number of carbonyl (C=O) groups is 1. The molecule has 2 N–H and O–H groups in total. The van der Waals surface area contributed by atoms with Gasteiger partial charge >= 0.3 is 5.97 Å². The van der Waals surface area contributed by atoms with Crippen LogP contribution in [0.25, 0.3) is 11.1 Å². The predicted molar refractivity (Wildman–Crippen MR) is 121 cm³/mol. The van der Waals surface area contributed by atoms with E-state index in [0.29, 0.717) is 22.3 Å². The molecule has 3 aromatic carbocycles. The summed E-state index contributed by atoms with van der Waals surface area (Å²) in [5.74, 6) is -1.49. The zero-order valence-electron chi connectivity index (χ0n) is 17.9. The average molecular weight is 485 g/mol. The number of carboxylic acids is 1. The number of sulfonamides is 1. The van der Waals surface area contributed by atoms with Crippen molar-refractivity contribution >= 4 is 16.0 Å². The molecule has 0 saturated heterocycles. The van der Waals surface area contributed by atoms with Gasteiger partial charge in [-0.15, -0.1) is 0 Å². The number of hydrogen-bond donors (Lipinski definition) is 2. The molecule has 8 nitrogen and oxygen atoms in total.